The van der Waals surface area contributed by atoms with Crippen LogP contribution in [-0.4, -0.2) is 29.2 Å². The van der Waals surface area contributed by atoms with Crippen molar-refractivity contribution in [3.8, 4) is 0 Å². The zero-order valence-corrected chi connectivity index (χ0v) is 12.8. The Labute approximate surface area is 126 Å². The van der Waals surface area contributed by atoms with E-state index in [9.17, 15) is 9.90 Å². The van der Waals surface area contributed by atoms with Crippen molar-refractivity contribution in [1.82, 2.24) is 5.32 Å². The summed E-state index contributed by atoms with van der Waals surface area (Å²) in [5, 5.41) is 16.6. The standard InChI is InChI=1S/C17H26N2O2/c1-14(19-15-8-4-2-5-9-15)13-18-16(20)12-17(21)10-6-3-7-11-17/h2,4-5,8-9,14,19,21H,3,6-7,10-13H2,1H3,(H,18,20)/t14-/m1/s1. The lowest BCUT2D eigenvalue weighted by Crippen LogP contribution is -2.41. The quantitative estimate of drug-likeness (QED) is 0.755. The predicted octanol–water partition coefficient (Wildman–Crippen LogP) is 2.69. The first kappa shape index (κ1) is 15.8. The molecule has 116 valence electrons. The molecule has 1 aromatic carbocycles. The lowest BCUT2D eigenvalue weighted by atomic mass is 9.82. The van der Waals surface area contributed by atoms with Gasteiger partial charge in [-0.05, 0) is 31.9 Å². The van der Waals surface area contributed by atoms with Crippen LogP contribution in [-0.2, 0) is 4.79 Å². The molecule has 0 heterocycles. The molecule has 1 amide bonds. The van der Waals surface area contributed by atoms with Crippen LogP contribution in [0, 0.1) is 0 Å². The second-order valence-corrected chi connectivity index (χ2v) is 6.18. The van der Waals surface area contributed by atoms with Gasteiger partial charge in [0.15, 0.2) is 0 Å². The molecule has 1 aromatic rings. The van der Waals surface area contributed by atoms with Gasteiger partial charge in [0.1, 0.15) is 0 Å². The SMILES string of the molecule is C[C@H](CNC(=O)CC1(O)CCCCC1)Nc1ccccc1. The van der Waals surface area contributed by atoms with Crippen molar-refractivity contribution in [3.05, 3.63) is 30.3 Å². The topological polar surface area (TPSA) is 61.4 Å². The smallest absolute Gasteiger partial charge is 0.222 e. The Balaban J connectivity index is 1.71. The van der Waals surface area contributed by atoms with E-state index in [1.807, 2.05) is 37.3 Å². The summed E-state index contributed by atoms with van der Waals surface area (Å²) in [5.74, 6) is -0.0545. The second kappa shape index (κ2) is 7.46. The van der Waals surface area contributed by atoms with Gasteiger partial charge in [-0.3, -0.25) is 4.79 Å². The predicted molar refractivity (Wildman–Crippen MR) is 85.2 cm³/mol. The summed E-state index contributed by atoms with van der Waals surface area (Å²) in [6.45, 7) is 2.59. The van der Waals surface area contributed by atoms with Crippen LogP contribution in [0.2, 0.25) is 0 Å². The van der Waals surface area contributed by atoms with E-state index in [1.165, 1.54) is 6.42 Å². The number of nitrogens with one attached hydrogen (secondary N) is 2. The third-order valence-electron chi connectivity index (χ3n) is 4.07. The summed E-state index contributed by atoms with van der Waals surface area (Å²) in [5.41, 5.74) is 0.267. The monoisotopic (exact) mass is 290 g/mol. The highest BCUT2D eigenvalue weighted by atomic mass is 16.3. The van der Waals surface area contributed by atoms with Crippen molar-refractivity contribution in [1.29, 1.82) is 0 Å². The fourth-order valence-corrected chi connectivity index (χ4v) is 2.88. The maximum Gasteiger partial charge on any atom is 0.222 e. The van der Waals surface area contributed by atoms with E-state index in [4.69, 9.17) is 0 Å². The molecule has 0 unspecified atom stereocenters. The van der Waals surface area contributed by atoms with E-state index < -0.39 is 5.60 Å². The van der Waals surface area contributed by atoms with Gasteiger partial charge < -0.3 is 15.7 Å². The molecular weight excluding hydrogens is 264 g/mol. The number of rotatable bonds is 6. The normalized spacial score (nSPS) is 18.8. The van der Waals surface area contributed by atoms with E-state index in [0.29, 0.717) is 6.54 Å². The molecule has 1 atom stereocenters. The van der Waals surface area contributed by atoms with Gasteiger partial charge in [-0.1, -0.05) is 37.5 Å². The molecule has 2 rings (SSSR count). The highest BCUT2D eigenvalue weighted by molar-refractivity contribution is 5.77. The van der Waals surface area contributed by atoms with E-state index in [2.05, 4.69) is 10.6 Å². The first-order valence-electron chi connectivity index (χ1n) is 7.88. The van der Waals surface area contributed by atoms with E-state index in [-0.39, 0.29) is 18.4 Å². The summed E-state index contributed by atoms with van der Waals surface area (Å²) in [4.78, 5) is 12.0. The van der Waals surface area contributed by atoms with Crippen LogP contribution in [0.25, 0.3) is 0 Å². The molecule has 0 spiro atoms. The van der Waals surface area contributed by atoms with Crippen LogP contribution in [0.3, 0.4) is 0 Å². The van der Waals surface area contributed by atoms with Crippen LogP contribution < -0.4 is 10.6 Å². The number of anilines is 1. The minimum atomic E-state index is -0.779. The van der Waals surface area contributed by atoms with Crippen molar-refractivity contribution < 1.29 is 9.90 Å². The maximum atomic E-state index is 12.0. The zero-order chi connectivity index (χ0) is 15.1. The Morgan fingerprint density at radius 1 is 1.24 bits per heavy atom. The highest BCUT2D eigenvalue weighted by Crippen LogP contribution is 2.30. The molecule has 4 nitrogen and oxygen atoms in total. The van der Waals surface area contributed by atoms with Crippen LogP contribution in [0.15, 0.2) is 30.3 Å². The first-order chi connectivity index (χ1) is 10.1. The van der Waals surface area contributed by atoms with Gasteiger partial charge in [0.25, 0.3) is 0 Å². The first-order valence-corrected chi connectivity index (χ1v) is 7.88. The number of aliphatic hydroxyl groups is 1. The van der Waals surface area contributed by atoms with Crippen molar-refractivity contribution in [2.45, 2.75) is 57.1 Å². The molecule has 1 aliphatic rings. The molecule has 0 aliphatic heterocycles. The number of hydrogen-bond acceptors (Lipinski definition) is 3. The van der Waals surface area contributed by atoms with Gasteiger partial charge in [0, 0.05) is 18.3 Å². The molecule has 0 bridgehead atoms. The lowest BCUT2D eigenvalue weighted by Gasteiger charge is -2.31. The van der Waals surface area contributed by atoms with E-state index >= 15 is 0 Å². The molecule has 0 aromatic heterocycles. The minimum absolute atomic E-state index is 0.0545. The fourth-order valence-electron chi connectivity index (χ4n) is 2.88. The lowest BCUT2D eigenvalue weighted by molar-refractivity contribution is -0.127. The Morgan fingerprint density at radius 3 is 2.57 bits per heavy atom. The molecule has 1 aliphatic carbocycles. The van der Waals surface area contributed by atoms with Crippen LogP contribution in [0.1, 0.15) is 45.4 Å². The van der Waals surface area contributed by atoms with Gasteiger partial charge in [0.05, 0.1) is 12.0 Å². The third kappa shape index (κ3) is 5.38. The van der Waals surface area contributed by atoms with Crippen molar-refractivity contribution in [3.63, 3.8) is 0 Å². The van der Waals surface area contributed by atoms with Crippen LogP contribution >= 0.6 is 0 Å². The van der Waals surface area contributed by atoms with Gasteiger partial charge in [-0.2, -0.15) is 0 Å². The molecule has 1 fully saturated rings. The van der Waals surface area contributed by atoms with Crippen LogP contribution in [0.4, 0.5) is 5.69 Å². The fraction of sp³-hybridized carbons (Fsp3) is 0.588. The van der Waals surface area contributed by atoms with E-state index in [0.717, 1.165) is 31.4 Å². The summed E-state index contributed by atoms with van der Waals surface area (Å²) in [6, 6.07) is 10.1. The summed E-state index contributed by atoms with van der Waals surface area (Å²) < 4.78 is 0. The summed E-state index contributed by atoms with van der Waals surface area (Å²) >= 11 is 0. The van der Waals surface area contributed by atoms with Crippen molar-refractivity contribution >= 4 is 11.6 Å². The Hall–Kier alpha value is -1.55. The number of carbonyl (C=O) groups is 1. The average Bonchev–Trinajstić information content (AvgIpc) is 2.46. The van der Waals surface area contributed by atoms with Crippen molar-refractivity contribution in [2.75, 3.05) is 11.9 Å². The Bertz CT molecular complexity index is 441. The Morgan fingerprint density at radius 2 is 1.90 bits per heavy atom. The summed E-state index contributed by atoms with van der Waals surface area (Å²) in [7, 11) is 0. The molecule has 21 heavy (non-hydrogen) atoms. The van der Waals surface area contributed by atoms with Crippen molar-refractivity contribution in [2.24, 2.45) is 0 Å². The average molecular weight is 290 g/mol. The number of para-hydroxylation sites is 1. The van der Waals surface area contributed by atoms with E-state index in [1.54, 1.807) is 0 Å². The number of carbonyl (C=O) groups excluding carboxylic acids is 1. The molecule has 1 saturated carbocycles. The zero-order valence-electron chi connectivity index (χ0n) is 12.8. The Kier molecular flexibility index (Phi) is 5.62. The molecule has 3 N–H and O–H groups in total. The molecular formula is C17H26N2O2. The molecule has 4 heteroatoms. The number of benzene rings is 1. The molecule has 0 radical (unpaired) electrons. The number of amides is 1. The largest absolute Gasteiger partial charge is 0.389 e. The molecule has 0 saturated heterocycles. The van der Waals surface area contributed by atoms with Crippen LogP contribution in [0.5, 0.6) is 0 Å². The van der Waals surface area contributed by atoms with Gasteiger partial charge >= 0.3 is 0 Å². The van der Waals surface area contributed by atoms with Gasteiger partial charge in [-0.15, -0.1) is 0 Å². The maximum absolute atomic E-state index is 12.0. The third-order valence-corrected chi connectivity index (χ3v) is 4.07. The number of hydrogen-bond donors (Lipinski definition) is 3. The highest BCUT2D eigenvalue weighted by Gasteiger charge is 2.31. The van der Waals surface area contributed by atoms with Gasteiger partial charge in [0.2, 0.25) is 5.91 Å². The summed E-state index contributed by atoms with van der Waals surface area (Å²) in [6.07, 6.45) is 4.94. The van der Waals surface area contributed by atoms with Gasteiger partial charge in [-0.25, -0.2) is 0 Å². The minimum Gasteiger partial charge on any atom is -0.389 e. The second-order valence-electron chi connectivity index (χ2n) is 6.18.